The van der Waals surface area contributed by atoms with Gasteiger partial charge in [-0.05, 0) is 13.5 Å². The van der Waals surface area contributed by atoms with Gasteiger partial charge in [0.05, 0.1) is 0 Å². The number of carboxylic acid groups (broad SMARTS) is 1. The van der Waals surface area contributed by atoms with E-state index in [1.54, 1.807) is 6.08 Å². The van der Waals surface area contributed by atoms with Crippen LogP contribution in [0.25, 0.3) is 0 Å². The summed E-state index contributed by atoms with van der Waals surface area (Å²) in [6.45, 7) is 1.55. The van der Waals surface area contributed by atoms with Gasteiger partial charge in [-0.25, -0.2) is 4.79 Å². The van der Waals surface area contributed by atoms with Gasteiger partial charge in [0.1, 0.15) is 0 Å². The Morgan fingerprint density at radius 1 is 1.73 bits per heavy atom. The van der Waals surface area contributed by atoms with Gasteiger partial charge in [-0.15, -0.1) is 0 Å². The maximum absolute atomic E-state index is 10.4. The highest BCUT2D eigenvalue weighted by molar-refractivity contribution is 5.87. The smallest absolute Gasteiger partial charge is 0.332 e. The zero-order valence-corrected chi connectivity index (χ0v) is 6.71. The first-order valence-electron chi connectivity index (χ1n) is 3.31. The van der Waals surface area contributed by atoms with E-state index in [9.17, 15) is 4.79 Å². The van der Waals surface area contributed by atoms with Crippen molar-refractivity contribution < 1.29 is 9.90 Å². The summed E-state index contributed by atoms with van der Waals surface area (Å²) in [5.74, 6) is -0.786. The van der Waals surface area contributed by atoms with E-state index in [2.05, 4.69) is 0 Å². The molecule has 0 spiro atoms. The van der Waals surface area contributed by atoms with Crippen molar-refractivity contribution in [3.8, 4) is 0 Å². The second-order valence-corrected chi connectivity index (χ2v) is 2.56. The SMILES string of the molecule is CN1CCC=C(C(=O)O)C1.N. The summed E-state index contributed by atoms with van der Waals surface area (Å²) in [6.07, 6.45) is 2.65. The topological polar surface area (TPSA) is 75.5 Å². The second kappa shape index (κ2) is 4.10. The third-order valence-electron chi connectivity index (χ3n) is 1.62. The van der Waals surface area contributed by atoms with Crippen molar-refractivity contribution in [2.75, 3.05) is 20.1 Å². The molecule has 1 aliphatic heterocycles. The maximum Gasteiger partial charge on any atom is 0.332 e. The van der Waals surface area contributed by atoms with Crippen LogP contribution in [0.2, 0.25) is 0 Å². The highest BCUT2D eigenvalue weighted by Crippen LogP contribution is 2.06. The molecule has 0 saturated heterocycles. The molecule has 0 radical (unpaired) electrons. The van der Waals surface area contributed by atoms with Crippen LogP contribution in [-0.2, 0) is 4.79 Å². The molecule has 0 bridgehead atoms. The lowest BCUT2D eigenvalue weighted by Crippen LogP contribution is -2.28. The summed E-state index contributed by atoms with van der Waals surface area (Å²) in [5.41, 5.74) is 0.522. The molecular weight excluding hydrogens is 144 g/mol. The standard InChI is InChI=1S/C7H11NO2.H3N/c1-8-4-2-3-6(5-8)7(9)10;/h3H,2,4-5H2,1H3,(H,9,10);1H3. The van der Waals surface area contributed by atoms with Crippen LogP contribution < -0.4 is 6.15 Å². The van der Waals surface area contributed by atoms with Gasteiger partial charge in [0.15, 0.2) is 0 Å². The van der Waals surface area contributed by atoms with E-state index in [-0.39, 0.29) is 6.15 Å². The molecule has 4 heteroatoms. The molecule has 11 heavy (non-hydrogen) atoms. The Labute approximate surface area is 66.1 Å². The van der Waals surface area contributed by atoms with Crippen molar-refractivity contribution in [2.24, 2.45) is 0 Å². The van der Waals surface area contributed by atoms with Gasteiger partial charge in [-0.2, -0.15) is 0 Å². The van der Waals surface area contributed by atoms with Crippen molar-refractivity contribution in [3.05, 3.63) is 11.6 Å². The van der Waals surface area contributed by atoms with Crippen LogP contribution in [0.5, 0.6) is 0 Å². The Hall–Kier alpha value is -0.870. The molecule has 4 nitrogen and oxygen atoms in total. The molecule has 1 aliphatic rings. The maximum atomic E-state index is 10.4. The van der Waals surface area contributed by atoms with Crippen LogP contribution in [0.4, 0.5) is 0 Å². The van der Waals surface area contributed by atoms with Crippen molar-refractivity contribution in [1.29, 1.82) is 0 Å². The van der Waals surface area contributed by atoms with Gasteiger partial charge < -0.3 is 16.2 Å². The Morgan fingerprint density at radius 2 is 2.36 bits per heavy atom. The minimum atomic E-state index is -0.786. The lowest BCUT2D eigenvalue weighted by molar-refractivity contribution is -0.133. The molecule has 0 saturated carbocycles. The van der Waals surface area contributed by atoms with E-state index in [0.717, 1.165) is 13.0 Å². The average Bonchev–Trinajstić information content (AvgIpc) is 1.88. The zero-order chi connectivity index (χ0) is 7.56. The predicted octanol–water partition coefficient (Wildman–Crippen LogP) is 0.495. The molecule has 0 unspecified atom stereocenters. The predicted molar refractivity (Wildman–Crippen MR) is 42.9 cm³/mol. The summed E-state index contributed by atoms with van der Waals surface area (Å²) in [4.78, 5) is 12.4. The fourth-order valence-electron chi connectivity index (χ4n) is 1.05. The quantitative estimate of drug-likeness (QED) is 0.582. The summed E-state index contributed by atoms with van der Waals surface area (Å²) in [6, 6.07) is 0. The number of rotatable bonds is 1. The molecule has 64 valence electrons. The minimum Gasteiger partial charge on any atom is -0.478 e. The molecule has 0 fully saturated rings. The Morgan fingerprint density at radius 3 is 2.73 bits per heavy atom. The van der Waals surface area contributed by atoms with Crippen molar-refractivity contribution >= 4 is 5.97 Å². The number of likely N-dealkylation sites (N-methyl/N-ethyl adjacent to an activating group) is 1. The minimum absolute atomic E-state index is 0. The Kier molecular flexibility index (Phi) is 3.78. The van der Waals surface area contributed by atoms with Gasteiger partial charge in [-0.3, -0.25) is 0 Å². The number of carbonyl (C=O) groups is 1. The first-order valence-corrected chi connectivity index (χ1v) is 3.31. The highest BCUT2D eigenvalue weighted by atomic mass is 16.4. The molecule has 0 aromatic heterocycles. The largest absolute Gasteiger partial charge is 0.478 e. The third kappa shape index (κ3) is 2.69. The molecule has 0 aromatic carbocycles. The summed E-state index contributed by atoms with van der Waals surface area (Å²) < 4.78 is 0. The summed E-state index contributed by atoms with van der Waals surface area (Å²) in [5, 5.41) is 8.56. The molecular formula is C7H14N2O2. The molecule has 0 aliphatic carbocycles. The molecule has 0 atom stereocenters. The molecule has 4 N–H and O–H groups in total. The average molecular weight is 158 g/mol. The lowest BCUT2D eigenvalue weighted by atomic mass is 10.1. The number of hydrogen-bond acceptors (Lipinski definition) is 3. The van der Waals surface area contributed by atoms with Crippen LogP contribution in [0.15, 0.2) is 11.6 Å². The summed E-state index contributed by atoms with van der Waals surface area (Å²) in [7, 11) is 1.93. The molecule has 0 aromatic rings. The van der Waals surface area contributed by atoms with Crippen LogP contribution in [0, 0.1) is 0 Å². The number of nitrogens with zero attached hydrogens (tertiary/aromatic N) is 1. The molecule has 1 rings (SSSR count). The third-order valence-corrected chi connectivity index (χ3v) is 1.62. The fourth-order valence-corrected chi connectivity index (χ4v) is 1.05. The number of aliphatic carboxylic acids is 1. The second-order valence-electron chi connectivity index (χ2n) is 2.56. The van der Waals surface area contributed by atoms with E-state index in [4.69, 9.17) is 5.11 Å². The van der Waals surface area contributed by atoms with Gasteiger partial charge in [-0.1, -0.05) is 6.08 Å². The zero-order valence-electron chi connectivity index (χ0n) is 6.71. The van der Waals surface area contributed by atoms with Crippen molar-refractivity contribution in [1.82, 2.24) is 11.1 Å². The number of hydrogen-bond donors (Lipinski definition) is 2. The van der Waals surface area contributed by atoms with Crippen LogP contribution in [0.3, 0.4) is 0 Å². The van der Waals surface area contributed by atoms with E-state index < -0.39 is 5.97 Å². The van der Waals surface area contributed by atoms with Gasteiger partial charge in [0, 0.05) is 18.7 Å². The lowest BCUT2D eigenvalue weighted by Gasteiger charge is -2.20. The molecule has 0 amide bonds. The van der Waals surface area contributed by atoms with E-state index in [1.165, 1.54) is 0 Å². The monoisotopic (exact) mass is 158 g/mol. The van der Waals surface area contributed by atoms with E-state index in [1.807, 2.05) is 11.9 Å². The normalized spacial score (nSPS) is 18.5. The first-order chi connectivity index (χ1) is 4.70. The van der Waals surface area contributed by atoms with E-state index in [0.29, 0.717) is 12.1 Å². The highest BCUT2D eigenvalue weighted by Gasteiger charge is 2.13. The van der Waals surface area contributed by atoms with Crippen LogP contribution >= 0.6 is 0 Å². The van der Waals surface area contributed by atoms with Crippen LogP contribution in [-0.4, -0.2) is 36.1 Å². The fraction of sp³-hybridized carbons (Fsp3) is 0.571. The Bertz CT molecular complexity index is 177. The number of carboxylic acids is 1. The molecule has 1 heterocycles. The Balaban J connectivity index is 0.000001000. The van der Waals surface area contributed by atoms with Crippen molar-refractivity contribution in [2.45, 2.75) is 6.42 Å². The van der Waals surface area contributed by atoms with Crippen molar-refractivity contribution in [3.63, 3.8) is 0 Å². The van der Waals surface area contributed by atoms with E-state index >= 15 is 0 Å². The van der Waals surface area contributed by atoms with Gasteiger partial charge >= 0.3 is 5.97 Å². The first kappa shape index (κ1) is 10.1. The van der Waals surface area contributed by atoms with Gasteiger partial charge in [0.2, 0.25) is 0 Å². The summed E-state index contributed by atoms with van der Waals surface area (Å²) >= 11 is 0. The van der Waals surface area contributed by atoms with Gasteiger partial charge in [0.25, 0.3) is 0 Å². The van der Waals surface area contributed by atoms with Crippen LogP contribution in [0.1, 0.15) is 6.42 Å².